The Kier molecular flexibility index (Phi) is 26.3. The average molecular weight is 1110 g/mol. The van der Waals surface area contributed by atoms with Gasteiger partial charge in [0.05, 0.1) is 72.9 Å². The van der Waals surface area contributed by atoms with Gasteiger partial charge in [0.1, 0.15) is 35.6 Å². The van der Waals surface area contributed by atoms with Gasteiger partial charge in [-0.2, -0.15) is 0 Å². The summed E-state index contributed by atoms with van der Waals surface area (Å²) in [6.45, 7) is 24.0. The predicted molar refractivity (Wildman–Crippen MR) is 293 cm³/mol. The van der Waals surface area contributed by atoms with Gasteiger partial charge in [-0.05, 0) is 103 Å². The fraction of sp³-hybridized carbons (Fsp3) is 0.733. The first-order chi connectivity index (χ1) is 36.1. The smallest absolute Gasteiger partial charge is 0.309 e. The molecule has 18 nitrogen and oxygen atoms in total. The molecule has 2 fully saturated rings. The molecule has 4 aliphatic heterocycles. The second kappa shape index (κ2) is 30.1. The van der Waals surface area contributed by atoms with Gasteiger partial charge in [0.2, 0.25) is 0 Å². The lowest BCUT2D eigenvalue weighted by molar-refractivity contribution is -0.158. The Morgan fingerprint density at radius 1 is 0.667 bits per heavy atom. The fourth-order valence-corrected chi connectivity index (χ4v) is 9.96. The predicted octanol–water partition coefficient (Wildman–Crippen LogP) is 6.27. The minimum Gasteiger partial charge on any atom is -0.457 e. The maximum absolute atomic E-state index is 12.6. The zero-order valence-corrected chi connectivity index (χ0v) is 48.7. The van der Waals surface area contributed by atoms with Gasteiger partial charge >= 0.3 is 23.9 Å². The van der Waals surface area contributed by atoms with Gasteiger partial charge in [-0.15, -0.1) is 0 Å². The van der Waals surface area contributed by atoms with E-state index < -0.39 is 95.1 Å². The summed E-state index contributed by atoms with van der Waals surface area (Å²) in [6.07, 6.45) is 12.5. The van der Waals surface area contributed by atoms with Crippen molar-refractivity contribution in [2.45, 2.75) is 257 Å². The number of rotatable bonds is 18. The van der Waals surface area contributed by atoms with Crippen molar-refractivity contribution in [2.75, 3.05) is 0 Å². The van der Waals surface area contributed by atoms with Crippen LogP contribution in [0, 0.1) is 23.7 Å². The van der Waals surface area contributed by atoms with Gasteiger partial charge in [0, 0.05) is 50.4 Å². The molecule has 20 atom stereocenters. The summed E-state index contributed by atoms with van der Waals surface area (Å²) in [7, 11) is 0. The van der Waals surface area contributed by atoms with Gasteiger partial charge in [-0.25, -0.2) is 0 Å². The van der Waals surface area contributed by atoms with Gasteiger partial charge in [0.15, 0.2) is 0 Å². The maximum atomic E-state index is 12.6. The average Bonchev–Trinajstić information content (AvgIpc) is 4.28. The van der Waals surface area contributed by atoms with Gasteiger partial charge < -0.3 is 69.3 Å². The highest BCUT2D eigenvalue weighted by Gasteiger charge is 2.48. The highest BCUT2D eigenvalue weighted by atomic mass is 16.6. The Morgan fingerprint density at radius 2 is 1.00 bits per heavy atom. The van der Waals surface area contributed by atoms with E-state index in [1.54, 1.807) is 88.5 Å². The number of carbonyl (C=O) groups excluding carboxylic acids is 4. The third-order valence-electron chi connectivity index (χ3n) is 15.3. The lowest BCUT2D eigenvalue weighted by Gasteiger charge is -2.32. The van der Waals surface area contributed by atoms with Crippen LogP contribution in [0.5, 0.6) is 0 Å². The number of cyclic esters (lactones) is 2. The normalized spacial score (nSPS) is 36.6. The van der Waals surface area contributed by atoms with E-state index in [1.165, 1.54) is 27.7 Å². The van der Waals surface area contributed by atoms with Crippen LogP contribution in [0.1, 0.15) is 161 Å². The third kappa shape index (κ3) is 22.8. The van der Waals surface area contributed by atoms with Crippen LogP contribution in [0.15, 0.2) is 71.9 Å². The van der Waals surface area contributed by atoms with E-state index in [0.29, 0.717) is 36.8 Å². The minimum absolute atomic E-state index is 0.00472. The standard InChI is InChI=1S/2C30H48O9/c2*1-8-23(33)20(4)28-24(38-28)17-29(6,35)14-9-10-18(2)27-19(3)11-12-25(37-21(5)31)30(7,36)15-13-22(32)16-26(34)39-27/h2*9-12,14,19-20,22-25,27-28,32-33,35-36H,8,13,15-17H2,1-7H3/b2*12-11+,14-9+,18-10+. The number of hydrogen-bond donors (Lipinski definition) is 8. The Balaban J connectivity index is 0.000000410. The summed E-state index contributed by atoms with van der Waals surface area (Å²) in [6, 6.07) is 0. The first-order valence-corrected chi connectivity index (χ1v) is 27.9. The number of aliphatic hydroxyl groups is 8. The molecule has 4 aliphatic rings. The molecule has 0 spiro atoms. The van der Waals surface area contributed by atoms with E-state index >= 15 is 0 Å². The van der Waals surface area contributed by atoms with E-state index in [2.05, 4.69) is 0 Å². The van der Waals surface area contributed by atoms with Crippen molar-refractivity contribution >= 4 is 23.9 Å². The van der Waals surface area contributed by atoms with Crippen LogP contribution in [0.3, 0.4) is 0 Å². The summed E-state index contributed by atoms with van der Waals surface area (Å²) < 4.78 is 33.6. The maximum Gasteiger partial charge on any atom is 0.309 e. The van der Waals surface area contributed by atoms with E-state index in [1.807, 2.05) is 41.5 Å². The van der Waals surface area contributed by atoms with E-state index in [4.69, 9.17) is 28.4 Å². The Labute approximate surface area is 463 Å². The number of epoxide rings is 2. The van der Waals surface area contributed by atoms with Gasteiger partial charge in [0.25, 0.3) is 0 Å². The first-order valence-electron chi connectivity index (χ1n) is 27.9. The minimum atomic E-state index is -1.43. The number of esters is 4. The quantitative estimate of drug-likeness (QED) is 0.0247. The summed E-state index contributed by atoms with van der Waals surface area (Å²) >= 11 is 0. The number of aliphatic hydroxyl groups excluding tert-OH is 4. The molecule has 0 amide bonds. The van der Waals surface area contributed by atoms with Gasteiger partial charge in [-0.3, -0.25) is 19.2 Å². The number of hydrogen-bond acceptors (Lipinski definition) is 18. The van der Waals surface area contributed by atoms with Crippen molar-refractivity contribution in [2.24, 2.45) is 23.7 Å². The van der Waals surface area contributed by atoms with Crippen molar-refractivity contribution in [3.05, 3.63) is 71.9 Å². The van der Waals surface area contributed by atoms with Crippen LogP contribution in [0.2, 0.25) is 0 Å². The van der Waals surface area contributed by atoms with Crippen molar-refractivity contribution in [3.8, 4) is 0 Å². The fourth-order valence-electron chi connectivity index (χ4n) is 9.96. The van der Waals surface area contributed by atoms with E-state index in [-0.39, 0.29) is 86.6 Å². The van der Waals surface area contributed by atoms with Crippen LogP contribution in [0.4, 0.5) is 0 Å². The highest BCUT2D eigenvalue weighted by molar-refractivity contribution is 5.71. The lowest BCUT2D eigenvalue weighted by atomic mass is 9.88. The zero-order valence-electron chi connectivity index (χ0n) is 48.7. The molecule has 0 aromatic carbocycles. The summed E-state index contributed by atoms with van der Waals surface area (Å²) in [5, 5.41) is 84.4. The van der Waals surface area contributed by atoms with Crippen molar-refractivity contribution in [1.82, 2.24) is 0 Å². The largest absolute Gasteiger partial charge is 0.457 e. The number of ether oxygens (including phenoxy) is 6. The van der Waals surface area contributed by atoms with Crippen LogP contribution in [-0.4, -0.2) is 160 Å². The molecule has 2 saturated heterocycles. The summed E-state index contributed by atoms with van der Waals surface area (Å²) in [5.74, 6) is -2.92. The van der Waals surface area contributed by atoms with Crippen LogP contribution < -0.4 is 0 Å². The SMILES string of the molecule is CCC(O)C(C)C1OC1CC(C)(O)/C=C/C=C(\C)C1OC(=O)CC(O)CCC(C)(O)C(OC(C)=O)/C=C/C1C.CCC(O)C(C)C1OC1CC(C)(O)/C=C/C=C(\C)C1OC(=O)CC(O)CCC(C)(O)C(OC(C)=O)/C=C/C1C. The molecule has 444 valence electrons. The topological polar surface area (TPSA) is 292 Å². The Bertz CT molecular complexity index is 1990. The molecule has 0 aromatic rings. The molecule has 78 heavy (non-hydrogen) atoms. The lowest BCUT2D eigenvalue weighted by Crippen LogP contribution is -2.42. The van der Waals surface area contributed by atoms with Crippen LogP contribution in [-0.2, 0) is 47.6 Å². The number of allylic oxidation sites excluding steroid dienone is 4. The van der Waals surface area contributed by atoms with Crippen LogP contribution >= 0.6 is 0 Å². The van der Waals surface area contributed by atoms with Crippen molar-refractivity contribution < 1.29 is 88.5 Å². The van der Waals surface area contributed by atoms with Gasteiger partial charge in [-0.1, -0.05) is 90.2 Å². The molecule has 20 unspecified atom stereocenters. The molecule has 0 radical (unpaired) electrons. The number of carbonyl (C=O) groups is 4. The molecule has 18 heteroatoms. The Morgan fingerprint density at radius 3 is 1.31 bits per heavy atom. The van der Waals surface area contributed by atoms with Crippen molar-refractivity contribution in [1.29, 1.82) is 0 Å². The summed E-state index contributed by atoms with van der Waals surface area (Å²) in [4.78, 5) is 48.5. The molecular formula is C60H96O18. The third-order valence-corrected chi connectivity index (χ3v) is 15.3. The Hall–Kier alpha value is -4.08. The second-order valence-electron chi connectivity index (χ2n) is 23.5. The molecular weight excluding hydrogens is 1010 g/mol. The molecule has 8 N–H and O–H groups in total. The van der Waals surface area contributed by atoms with E-state index in [0.717, 1.165) is 0 Å². The summed E-state index contributed by atoms with van der Waals surface area (Å²) in [5.41, 5.74) is -3.75. The second-order valence-corrected chi connectivity index (χ2v) is 23.5. The van der Waals surface area contributed by atoms with Crippen LogP contribution in [0.25, 0.3) is 0 Å². The zero-order chi connectivity index (χ0) is 59.1. The van der Waals surface area contributed by atoms with E-state index in [9.17, 15) is 60.0 Å². The monoisotopic (exact) mass is 1100 g/mol. The molecule has 0 saturated carbocycles. The molecule has 4 heterocycles. The molecule has 0 aromatic heterocycles. The molecule has 0 bridgehead atoms. The first kappa shape index (κ1) is 68.2. The highest BCUT2D eigenvalue weighted by Crippen LogP contribution is 2.39. The molecule has 0 aliphatic carbocycles. The molecule has 4 rings (SSSR count). The van der Waals surface area contributed by atoms with Crippen molar-refractivity contribution in [3.63, 3.8) is 0 Å².